The van der Waals surface area contributed by atoms with E-state index in [0.29, 0.717) is 0 Å². The van der Waals surface area contributed by atoms with Crippen LogP contribution in [-0.2, 0) is 0 Å². The van der Waals surface area contributed by atoms with Crippen LogP contribution in [0.5, 0.6) is 0 Å². The lowest BCUT2D eigenvalue weighted by atomic mass is 10.1. The highest BCUT2D eigenvalue weighted by molar-refractivity contribution is 14.1. The third-order valence-corrected chi connectivity index (χ3v) is 13.3. The van der Waals surface area contributed by atoms with Gasteiger partial charge in [-0.05, 0) is 0 Å². The van der Waals surface area contributed by atoms with Gasteiger partial charge in [0.1, 0.15) is 6.29 Å². The van der Waals surface area contributed by atoms with Crippen molar-refractivity contribution in [2.24, 2.45) is 0 Å². The van der Waals surface area contributed by atoms with Gasteiger partial charge in [-0.1, -0.05) is 230 Å². The van der Waals surface area contributed by atoms with Gasteiger partial charge >= 0.3 is 0 Å². The van der Waals surface area contributed by atoms with Crippen LogP contribution in [-0.4, -0.2) is 29.2 Å². The Balaban J connectivity index is -0.000000750. The third-order valence-electron chi connectivity index (χ3n) is 8.03. The van der Waals surface area contributed by atoms with Gasteiger partial charge in [-0.25, -0.2) is 0 Å². The molecule has 40 heavy (non-hydrogen) atoms. The fourth-order valence-corrected chi connectivity index (χ4v) is 9.98. The molecule has 0 fully saturated rings. The first-order chi connectivity index (χ1) is 19.3. The van der Waals surface area contributed by atoms with Gasteiger partial charge in [-0.15, -0.1) is 21.8 Å². The lowest BCUT2D eigenvalue weighted by molar-refractivity contribution is 0.610. The van der Waals surface area contributed by atoms with Crippen molar-refractivity contribution >= 4 is 51.0 Å². The molecule has 0 saturated carbocycles. The summed E-state index contributed by atoms with van der Waals surface area (Å²) in [4.78, 5) is 0. The first-order valence-electron chi connectivity index (χ1n) is 19.0. The van der Waals surface area contributed by atoms with Gasteiger partial charge in [0.15, 0.2) is 0 Å². The molecule has 0 heterocycles. The molecule has 0 aromatic carbocycles. The predicted molar refractivity (Wildman–Crippen MR) is 210 cm³/mol. The van der Waals surface area contributed by atoms with E-state index in [1.807, 2.05) is 0 Å². The fraction of sp³-hybridized carbons (Fsp3) is 1.00. The highest BCUT2D eigenvalue weighted by Gasteiger charge is 2.15. The minimum atomic E-state index is -0.410. The minimum Gasteiger partial charge on any atom is -0.124 e. The van der Waals surface area contributed by atoms with Crippen LogP contribution < -0.4 is 0 Å². The molecular weight excluding hydrogens is 642 g/mol. The van der Waals surface area contributed by atoms with Crippen molar-refractivity contribution in [2.45, 2.75) is 230 Å². The summed E-state index contributed by atoms with van der Waals surface area (Å²) in [5.74, 6) is 0. The molecule has 0 bridgehead atoms. The van der Waals surface area contributed by atoms with Crippen LogP contribution >= 0.6 is 21.8 Å². The van der Waals surface area contributed by atoms with Gasteiger partial charge in [0.2, 0.25) is 0 Å². The van der Waals surface area contributed by atoms with Gasteiger partial charge in [0.05, 0.1) is 0 Å². The smallest absolute Gasteiger partial charge is 0.124 e. The Kier molecular flexibility index (Phi) is 49.4. The van der Waals surface area contributed by atoms with Crippen molar-refractivity contribution < 1.29 is 0 Å². The van der Waals surface area contributed by atoms with E-state index in [9.17, 15) is 0 Å². The summed E-state index contributed by atoms with van der Waals surface area (Å²) in [6, 6.07) is 1.56. The lowest BCUT2D eigenvalue weighted by Crippen LogP contribution is -2.12. The molecule has 0 N–H and O–H groups in total. The molecule has 0 rings (SSSR count). The third kappa shape index (κ3) is 52.4. The molecule has 244 valence electrons. The number of rotatable bonds is 28. The van der Waals surface area contributed by atoms with Crippen molar-refractivity contribution in [3.05, 3.63) is 0 Å². The Morgan fingerprint density at radius 1 is 0.375 bits per heavy atom. The SMILES string of the molecule is CCCCCCCC[SiH](C)C.CCCCCCC[CH2][Al]([CH2]CCCCCCC)[CH2]CCCCCCC.C[SiH](C)I. The van der Waals surface area contributed by atoms with E-state index in [1.165, 1.54) is 135 Å². The van der Waals surface area contributed by atoms with Crippen LogP contribution in [0.15, 0.2) is 0 Å². The van der Waals surface area contributed by atoms with Gasteiger partial charge in [-0.3, -0.25) is 0 Å². The summed E-state index contributed by atoms with van der Waals surface area (Å²) < 4.78 is 0. The van der Waals surface area contributed by atoms with Crippen LogP contribution in [0, 0.1) is 0 Å². The number of hydrogen-bond donors (Lipinski definition) is 0. The Hall–Kier alpha value is 1.70. The molecule has 4 heteroatoms. The largest absolute Gasteiger partial charge is 0.261 e. The van der Waals surface area contributed by atoms with Crippen LogP contribution in [0.1, 0.15) is 182 Å². The lowest BCUT2D eigenvalue weighted by Gasteiger charge is -2.12. The second-order valence-electron chi connectivity index (χ2n) is 13.5. The summed E-state index contributed by atoms with van der Waals surface area (Å²) >= 11 is 2.07. The van der Waals surface area contributed by atoms with Gasteiger partial charge < -0.3 is 0 Å². The normalized spacial score (nSPS) is 10.9. The standard InChI is InChI=1S/C10H24Si.3C8H17.C2H7ISi.Al/c1-4-5-6-7-8-9-10-11(2)3;3*1-3-5-7-8-6-4-2;1-4(2)3;/h11H,4-10H2,1-3H3;3*1,3-8H2,2H3;4H,1-2H3;. The summed E-state index contributed by atoms with van der Waals surface area (Å²) in [5, 5.41) is 4.99. The molecule has 0 saturated heterocycles. The summed E-state index contributed by atoms with van der Waals surface area (Å²) in [7, 11) is -0.229. The van der Waals surface area contributed by atoms with Crippen molar-refractivity contribution in [3.63, 3.8) is 0 Å². The maximum Gasteiger partial charge on any atom is 0.261 e. The Labute approximate surface area is 279 Å². The Bertz CT molecular complexity index is 365. The average molecular weight is 725 g/mol. The molecule has 0 aliphatic heterocycles. The molecule has 0 atom stereocenters. The monoisotopic (exact) mass is 724 g/mol. The van der Waals surface area contributed by atoms with E-state index in [-0.39, 0.29) is 15.1 Å². The average Bonchev–Trinajstić information content (AvgIpc) is 2.91. The zero-order valence-corrected chi connectivity index (χ0v) is 35.5. The van der Waals surface area contributed by atoms with Gasteiger partial charge in [0.25, 0.3) is 14.1 Å². The number of halogens is 1. The highest BCUT2D eigenvalue weighted by Crippen LogP contribution is 2.20. The first-order valence-corrected chi connectivity index (χ1v) is 31.0. The summed E-state index contributed by atoms with van der Waals surface area (Å²) in [6.45, 7) is 18.7. The Morgan fingerprint density at radius 2 is 0.600 bits per heavy atom. The van der Waals surface area contributed by atoms with Crippen molar-refractivity contribution in [3.8, 4) is 0 Å². The van der Waals surface area contributed by atoms with Gasteiger partial charge in [-0.2, -0.15) is 0 Å². The van der Waals surface area contributed by atoms with E-state index in [2.05, 4.69) is 75.7 Å². The van der Waals surface area contributed by atoms with Gasteiger partial charge in [0, 0.05) is 8.80 Å². The zero-order chi connectivity index (χ0) is 30.5. The van der Waals surface area contributed by atoms with E-state index >= 15 is 0 Å². The summed E-state index contributed by atoms with van der Waals surface area (Å²) in [6.07, 6.45) is 35.3. The topological polar surface area (TPSA) is 0 Å². The van der Waals surface area contributed by atoms with Crippen molar-refractivity contribution in [2.75, 3.05) is 0 Å². The second-order valence-corrected chi connectivity index (χ2v) is 29.8. The molecule has 0 unspecified atom stereocenters. The van der Waals surface area contributed by atoms with E-state index in [0.717, 1.165) is 0 Å². The quantitative estimate of drug-likeness (QED) is 0.0326. The van der Waals surface area contributed by atoms with Crippen LogP contribution in [0.25, 0.3) is 0 Å². The first kappa shape index (κ1) is 46.1. The minimum absolute atomic E-state index is 0.169. The molecule has 0 amide bonds. The van der Waals surface area contributed by atoms with E-state index in [4.69, 9.17) is 0 Å². The molecule has 0 nitrogen and oxygen atoms in total. The van der Waals surface area contributed by atoms with Crippen LogP contribution in [0.2, 0.25) is 48.1 Å². The van der Waals surface area contributed by atoms with Crippen molar-refractivity contribution in [1.82, 2.24) is 0 Å². The Morgan fingerprint density at radius 3 is 0.850 bits per heavy atom. The molecule has 0 aliphatic carbocycles. The number of unbranched alkanes of at least 4 members (excludes halogenated alkanes) is 20. The maximum atomic E-state index is 2.48. The zero-order valence-electron chi connectivity index (χ0n) is 29.9. The molecule has 0 aliphatic rings. The van der Waals surface area contributed by atoms with E-state index in [1.54, 1.807) is 41.2 Å². The van der Waals surface area contributed by atoms with Crippen molar-refractivity contribution in [1.29, 1.82) is 0 Å². The molecule has 0 aromatic rings. The van der Waals surface area contributed by atoms with E-state index < -0.39 is 14.1 Å². The molecule has 0 radical (unpaired) electrons. The summed E-state index contributed by atoms with van der Waals surface area (Å²) in [5.41, 5.74) is 0. The molecule has 0 aromatic heterocycles. The van der Waals surface area contributed by atoms with Crippen LogP contribution in [0.4, 0.5) is 0 Å². The second kappa shape index (κ2) is 42.8. The molecular formula is C36H82AlISi2. The predicted octanol–water partition coefficient (Wildman–Crippen LogP) is 14.8. The maximum absolute atomic E-state index is 2.48. The van der Waals surface area contributed by atoms with Crippen LogP contribution in [0.3, 0.4) is 0 Å². The number of hydrogen-bond acceptors (Lipinski definition) is 0. The highest BCUT2D eigenvalue weighted by atomic mass is 127. The molecule has 0 spiro atoms. The fourth-order valence-electron chi connectivity index (χ4n) is 5.41.